The Balaban J connectivity index is 1.90. The molecule has 18 heavy (non-hydrogen) atoms. The number of piperazine rings is 1. The zero-order chi connectivity index (χ0) is 13.2. The Morgan fingerprint density at radius 2 is 2.00 bits per heavy atom. The van der Waals surface area contributed by atoms with Gasteiger partial charge in [-0.25, -0.2) is 0 Å². The molecular formula is C15H30N2O. The predicted octanol–water partition coefficient (Wildman–Crippen LogP) is 2.12. The quantitative estimate of drug-likeness (QED) is 0.761. The lowest BCUT2D eigenvalue weighted by molar-refractivity contribution is 0.0661. The zero-order valence-corrected chi connectivity index (χ0v) is 12.5. The molecule has 2 unspecified atom stereocenters. The monoisotopic (exact) mass is 254 g/mol. The number of hydrogen-bond donors (Lipinski definition) is 1. The summed E-state index contributed by atoms with van der Waals surface area (Å²) in [6, 6.07) is 1.40. The molecule has 2 aliphatic rings. The van der Waals surface area contributed by atoms with Crippen molar-refractivity contribution in [3.05, 3.63) is 0 Å². The SMILES string of the molecule is COCCCN1CC(C(C)(C)C)NCC1C1CC1. The Bertz CT molecular complexity index is 258. The van der Waals surface area contributed by atoms with Gasteiger partial charge in [-0.2, -0.15) is 0 Å². The molecule has 1 saturated heterocycles. The van der Waals surface area contributed by atoms with Crippen LogP contribution >= 0.6 is 0 Å². The molecule has 0 bridgehead atoms. The first-order valence-corrected chi connectivity index (χ1v) is 7.48. The largest absolute Gasteiger partial charge is 0.385 e. The van der Waals surface area contributed by atoms with Crippen LogP contribution in [0.1, 0.15) is 40.0 Å². The van der Waals surface area contributed by atoms with Crippen LogP contribution in [0.3, 0.4) is 0 Å². The van der Waals surface area contributed by atoms with E-state index in [1.807, 2.05) is 0 Å². The topological polar surface area (TPSA) is 24.5 Å². The highest BCUT2D eigenvalue weighted by atomic mass is 16.5. The van der Waals surface area contributed by atoms with Crippen LogP contribution in [0.5, 0.6) is 0 Å². The van der Waals surface area contributed by atoms with Crippen molar-refractivity contribution in [2.75, 3.05) is 33.4 Å². The molecule has 3 heteroatoms. The second kappa shape index (κ2) is 5.89. The van der Waals surface area contributed by atoms with Gasteiger partial charge in [0.05, 0.1) is 0 Å². The standard InChI is InChI=1S/C15H30N2O/c1-15(2,3)14-11-17(8-5-9-18-4)13(10-16-14)12-6-7-12/h12-14,16H,5-11H2,1-4H3. The molecule has 1 aliphatic heterocycles. The molecule has 2 atom stereocenters. The van der Waals surface area contributed by atoms with E-state index in [1.165, 1.54) is 32.5 Å². The number of rotatable bonds is 5. The molecule has 1 heterocycles. The molecule has 2 fully saturated rings. The lowest BCUT2D eigenvalue weighted by atomic mass is 9.84. The van der Waals surface area contributed by atoms with Gasteiger partial charge in [-0.1, -0.05) is 20.8 Å². The molecule has 106 valence electrons. The summed E-state index contributed by atoms with van der Waals surface area (Å²) in [6.45, 7) is 11.5. The smallest absolute Gasteiger partial charge is 0.0474 e. The average Bonchev–Trinajstić information content (AvgIpc) is 3.12. The fourth-order valence-corrected chi connectivity index (χ4v) is 3.02. The van der Waals surface area contributed by atoms with E-state index in [1.54, 1.807) is 7.11 Å². The van der Waals surface area contributed by atoms with Crippen molar-refractivity contribution >= 4 is 0 Å². The van der Waals surface area contributed by atoms with Crippen molar-refractivity contribution in [3.8, 4) is 0 Å². The molecule has 0 radical (unpaired) electrons. The summed E-state index contributed by atoms with van der Waals surface area (Å²) in [7, 11) is 1.80. The van der Waals surface area contributed by atoms with Crippen molar-refractivity contribution in [1.82, 2.24) is 10.2 Å². The molecule has 1 N–H and O–H groups in total. The molecule has 3 nitrogen and oxygen atoms in total. The van der Waals surface area contributed by atoms with E-state index in [-0.39, 0.29) is 0 Å². The molecule has 0 aromatic carbocycles. The third kappa shape index (κ3) is 3.69. The molecule has 0 aromatic rings. The van der Waals surface area contributed by atoms with Crippen molar-refractivity contribution in [3.63, 3.8) is 0 Å². The second-order valence-electron chi connectivity index (χ2n) is 7.07. The van der Waals surface area contributed by atoms with E-state index in [0.717, 1.165) is 25.0 Å². The van der Waals surface area contributed by atoms with Gasteiger partial charge in [0.2, 0.25) is 0 Å². The van der Waals surface area contributed by atoms with Gasteiger partial charge < -0.3 is 10.1 Å². The number of ether oxygens (including phenoxy) is 1. The van der Waals surface area contributed by atoms with Gasteiger partial charge in [-0.3, -0.25) is 4.90 Å². The number of methoxy groups -OCH3 is 1. The van der Waals surface area contributed by atoms with E-state index in [9.17, 15) is 0 Å². The molecule has 0 amide bonds. The zero-order valence-electron chi connectivity index (χ0n) is 12.5. The van der Waals surface area contributed by atoms with Crippen LogP contribution in [0.2, 0.25) is 0 Å². The summed E-state index contributed by atoms with van der Waals surface area (Å²) in [6.07, 6.45) is 4.04. The summed E-state index contributed by atoms with van der Waals surface area (Å²) in [5.74, 6) is 0.959. The lowest BCUT2D eigenvalue weighted by Crippen LogP contribution is -2.61. The van der Waals surface area contributed by atoms with Gasteiger partial charge in [-0.15, -0.1) is 0 Å². The van der Waals surface area contributed by atoms with Gasteiger partial charge in [-0.05, 0) is 30.6 Å². The summed E-state index contributed by atoms with van der Waals surface area (Å²) in [5, 5.41) is 3.78. The summed E-state index contributed by atoms with van der Waals surface area (Å²) in [4.78, 5) is 2.73. The van der Waals surface area contributed by atoms with E-state index in [0.29, 0.717) is 11.5 Å². The lowest BCUT2D eigenvalue weighted by Gasteiger charge is -2.45. The molecule has 2 rings (SSSR count). The van der Waals surface area contributed by atoms with Crippen LogP contribution in [0.15, 0.2) is 0 Å². The highest BCUT2D eigenvalue weighted by Gasteiger charge is 2.40. The fraction of sp³-hybridized carbons (Fsp3) is 1.00. The molecule has 0 spiro atoms. The van der Waals surface area contributed by atoms with Crippen LogP contribution in [0.25, 0.3) is 0 Å². The van der Waals surface area contributed by atoms with Crippen molar-refractivity contribution in [2.45, 2.75) is 52.1 Å². The molecular weight excluding hydrogens is 224 g/mol. The van der Waals surface area contributed by atoms with Gasteiger partial charge in [0.15, 0.2) is 0 Å². The summed E-state index contributed by atoms with van der Waals surface area (Å²) in [5.41, 5.74) is 0.355. The van der Waals surface area contributed by atoms with Crippen LogP contribution < -0.4 is 5.32 Å². The Morgan fingerprint density at radius 1 is 1.28 bits per heavy atom. The van der Waals surface area contributed by atoms with E-state index < -0.39 is 0 Å². The summed E-state index contributed by atoms with van der Waals surface area (Å²) >= 11 is 0. The van der Waals surface area contributed by atoms with Crippen molar-refractivity contribution in [2.24, 2.45) is 11.3 Å². The van der Waals surface area contributed by atoms with Gasteiger partial charge in [0, 0.05) is 45.4 Å². The van der Waals surface area contributed by atoms with Crippen LogP contribution in [0.4, 0.5) is 0 Å². The maximum Gasteiger partial charge on any atom is 0.0474 e. The Hall–Kier alpha value is -0.120. The Kier molecular flexibility index (Phi) is 4.68. The van der Waals surface area contributed by atoms with Crippen molar-refractivity contribution < 1.29 is 4.74 Å². The highest BCUT2D eigenvalue weighted by Crippen LogP contribution is 2.37. The van der Waals surface area contributed by atoms with Crippen LogP contribution in [0, 0.1) is 11.3 Å². The van der Waals surface area contributed by atoms with Gasteiger partial charge in [0.25, 0.3) is 0 Å². The third-order valence-electron chi connectivity index (χ3n) is 4.46. The second-order valence-corrected chi connectivity index (χ2v) is 7.07. The summed E-state index contributed by atoms with van der Waals surface area (Å²) < 4.78 is 5.20. The number of nitrogens with one attached hydrogen (secondary N) is 1. The first kappa shape index (κ1) is 14.3. The molecule has 1 aliphatic carbocycles. The van der Waals surface area contributed by atoms with Crippen molar-refractivity contribution in [1.29, 1.82) is 0 Å². The third-order valence-corrected chi connectivity index (χ3v) is 4.46. The molecule has 1 saturated carbocycles. The average molecular weight is 254 g/mol. The molecule has 0 aromatic heterocycles. The maximum atomic E-state index is 5.20. The van der Waals surface area contributed by atoms with E-state index in [4.69, 9.17) is 4.74 Å². The van der Waals surface area contributed by atoms with Gasteiger partial charge >= 0.3 is 0 Å². The fourth-order valence-electron chi connectivity index (χ4n) is 3.02. The number of hydrogen-bond acceptors (Lipinski definition) is 3. The minimum absolute atomic E-state index is 0.355. The van der Waals surface area contributed by atoms with Crippen LogP contribution in [-0.2, 0) is 4.74 Å². The van der Waals surface area contributed by atoms with E-state index in [2.05, 4.69) is 31.0 Å². The Morgan fingerprint density at radius 3 is 2.56 bits per heavy atom. The normalized spacial score (nSPS) is 30.7. The highest BCUT2D eigenvalue weighted by molar-refractivity contribution is 4.97. The maximum absolute atomic E-state index is 5.20. The minimum atomic E-state index is 0.355. The van der Waals surface area contributed by atoms with E-state index >= 15 is 0 Å². The predicted molar refractivity (Wildman–Crippen MR) is 75.8 cm³/mol. The number of nitrogens with zero attached hydrogens (tertiary/aromatic N) is 1. The first-order valence-electron chi connectivity index (χ1n) is 7.48. The first-order chi connectivity index (χ1) is 8.52. The van der Waals surface area contributed by atoms with Crippen LogP contribution in [-0.4, -0.2) is 50.3 Å². The minimum Gasteiger partial charge on any atom is -0.385 e. The van der Waals surface area contributed by atoms with Gasteiger partial charge in [0.1, 0.15) is 0 Å². The Labute approximate surface area is 112 Å².